The number of benzene rings is 13. The van der Waals surface area contributed by atoms with E-state index in [0.717, 1.165) is 106 Å². The molecule has 0 bridgehead atoms. The van der Waals surface area contributed by atoms with Crippen LogP contribution in [0.5, 0.6) is 0 Å². The molecule has 0 aliphatic heterocycles. The summed E-state index contributed by atoms with van der Waals surface area (Å²) in [4.78, 5) is 0. The van der Waals surface area contributed by atoms with E-state index in [9.17, 15) is 0 Å². The molecule has 13 aromatic carbocycles. The highest BCUT2D eigenvalue weighted by molar-refractivity contribution is 6.88. The molecular formula is C88H79FN4O2Si. The van der Waals surface area contributed by atoms with Gasteiger partial charge >= 0.3 is 0 Å². The van der Waals surface area contributed by atoms with Gasteiger partial charge in [0.2, 0.25) is 0 Å². The van der Waals surface area contributed by atoms with Crippen LogP contribution in [0.25, 0.3) is 77.3 Å². The van der Waals surface area contributed by atoms with Gasteiger partial charge in [0, 0.05) is 61.0 Å². The van der Waals surface area contributed by atoms with Crippen LogP contribution < -0.4 is 26.5 Å². The zero-order chi connectivity index (χ0) is 66.4. The smallest absolute Gasteiger partial charge is 0.158 e. The van der Waals surface area contributed by atoms with Crippen LogP contribution in [-0.4, -0.2) is 8.07 Å². The fourth-order valence-corrected chi connectivity index (χ4v) is 13.8. The van der Waals surface area contributed by atoms with Crippen LogP contribution in [0.2, 0.25) is 19.6 Å². The molecule has 0 saturated carbocycles. The number of halogens is 1. The lowest BCUT2D eigenvalue weighted by Crippen LogP contribution is -2.37. The Morgan fingerprint density at radius 2 is 0.781 bits per heavy atom. The van der Waals surface area contributed by atoms with Crippen molar-refractivity contribution in [2.24, 2.45) is 0 Å². The van der Waals surface area contributed by atoms with Crippen molar-refractivity contribution < 1.29 is 13.2 Å². The van der Waals surface area contributed by atoms with Crippen molar-refractivity contribution in [1.29, 1.82) is 0 Å². The molecule has 0 saturated heterocycles. The van der Waals surface area contributed by atoms with Gasteiger partial charge in [-0.3, -0.25) is 0 Å². The number of para-hydroxylation sites is 6. The van der Waals surface area contributed by atoms with Gasteiger partial charge < -0.3 is 30.1 Å². The van der Waals surface area contributed by atoms with Crippen LogP contribution in [0.4, 0.5) is 49.9 Å². The molecular weight excluding hydrogens is 1190 g/mol. The minimum Gasteiger partial charge on any atom is -0.454 e. The molecule has 0 amide bonds. The molecule has 0 radical (unpaired) electrons. The Morgan fingerprint density at radius 1 is 0.344 bits per heavy atom. The largest absolute Gasteiger partial charge is 0.454 e. The van der Waals surface area contributed by atoms with Gasteiger partial charge in [-0.05, 0) is 147 Å². The third kappa shape index (κ3) is 14.0. The first-order chi connectivity index (χ1) is 46.5. The summed E-state index contributed by atoms with van der Waals surface area (Å²) >= 11 is 0. The van der Waals surface area contributed by atoms with Crippen molar-refractivity contribution in [2.75, 3.05) is 21.3 Å². The first-order valence-electron chi connectivity index (χ1n) is 32.9. The van der Waals surface area contributed by atoms with Crippen LogP contribution >= 0.6 is 0 Å². The Balaban J connectivity index is 0.000000117. The van der Waals surface area contributed by atoms with E-state index in [1.807, 2.05) is 152 Å². The Morgan fingerprint density at radius 3 is 1.33 bits per heavy atom. The minimum absolute atomic E-state index is 0.0559. The van der Waals surface area contributed by atoms with Gasteiger partial charge in [0.1, 0.15) is 17.0 Å². The normalized spacial score (nSPS) is 12.1. The molecule has 8 heteroatoms. The zero-order valence-electron chi connectivity index (χ0n) is 55.6. The van der Waals surface area contributed by atoms with Crippen LogP contribution in [-0.2, 0) is 10.8 Å². The molecule has 96 heavy (non-hydrogen) atoms. The summed E-state index contributed by atoms with van der Waals surface area (Å²) in [5, 5.41) is 19.8. The third-order valence-electron chi connectivity index (χ3n) is 17.8. The van der Waals surface area contributed by atoms with Crippen LogP contribution in [0.1, 0.15) is 51.3 Å². The predicted molar refractivity (Wildman–Crippen MR) is 409 cm³/mol. The van der Waals surface area contributed by atoms with Gasteiger partial charge in [0.15, 0.2) is 11.2 Å². The monoisotopic (exact) mass is 1270 g/mol. The molecule has 0 spiro atoms. The maximum atomic E-state index is 15.4. The average molecular weight is 1270 g/mol. The van der Waals surface area contributed by atoms with Gasteiger partial charge in [-0.15, -0.1) is 0 Å². The lowest BCUT2D eigenvalue weighted by Gasteiger charge is -2.22. The molecule has 0 unspecified atom stereocenters. The third-order valence-corrected chi connectivity index (χ3v) is 19.9. The lowest BCUT2D eigenvalue weighted by molar-refractivity contribution is 0.590. The van der Waals surface area contributed by atoms with Crippen LogP contribution in [0.3, 0.4) is 0 Å². The Labute approximate surface area is 564 Å². The fraction of sp³-hybridized carbons (Fsp3) is 0.114. The molecule has 0 atom stereocenters. The molecule has 1 aliphatic rings. The molecule has 15 aromatic rings. The molecule has 2 heterocycles. The number of fused-ring (bicyclic) bond motifs is 9. The van der Waals surface area contributed by atoms with Crippen molar-refractivity contribution in [3.63, 3.8) is 0 Å². The molecule has 2 aromatic heterocycles. The van der Waals surface area contributed by atoms with E-state index in [1.165, 1.54) is 33.0 Å². The number of rotatable bonds is 11. The Hall–Kier alpha value is -11.2. The second-order valence-corrected chi connectivity index (χ2v) is 32.1. The van der Waals surface area contributed by atoms with E-state index in [2.05, 4.69) is 227 Å². The lowest BCUT2D eigenvalue weighted by atomic mass is 9.82. The molecule has 6 nitrogen and oxygen atoms in total. The topological polar surface area (TPSA) is 74.4 Å². The van der Waals surface area contributed by atoms with Crippen molar-refractivity contribution in [3.05, 3.63) is 332 Å². The molecule has 4 N–H and O–H groups in total. The first-order valence-corrected chi connectivity index (χ1v) is 36.4. The number of hydrogen-bond acceptors (Lipinski definition) is 6. The van der Waals surface area contributed by atoms with E-state index in [4.69, 9.17) is 8.83 Å². The molecule has 0 fully saturated rings. The summed E-state index contributed by atoms with van der Waals surface area (Å²) in [5.41, 5.74) is 22.0. The van der Waals surface area contributed by atoms with E-state index < -0.39 is 8.07 Å². The van der Waals surface area contributed by atoms with Gasteiger partial charge in [-0.25, -0.2) is 4.39 Å². The molecule has 16 rings (SSSR count). The highest BCUT2D eigenvalue weighted by atomic mass is 28.3. The van der Waals surface area contributed by atoms with Crippen molar-refractivity contribution in [2.45, 2.75) is 65.1 Å². The summed E-state index contributed by atoms with van der Waals surface area (Å²) < 4.78 is 27.4. The van der Waals surface area contributed by atoms with Crippen molar-refractivity contribution >= 4 is 103 Å². The van der Waals surface area contributed by atoms with Crippen LogP contribution in [0, 0.1) is 5.82 Å². The number of anilines is 8. The van der Waals surface area contributed by atoms with E-state index in [1.54, 1.807) is 6.07 Å². The highest BCUT2D eigenvalue weighted by Gasteiger charge is 2.35. The molecule has 474 valence electrons. The summed E-state index contributed by atoms with van der Waals surface area (Å²) in [6.07, 6.45) is 0. The Bertz CT molecular complexity index is 5150. The summed E-state index contributed by atoms with van der Waals surface area (Å²) in [5.74, 6) is -0.268. The number of hydrogen-bond donors (Lipinski definition) is 4. The fourth-order valence-electron chi connectivity index (χ4n) is 12.6. The number of furan rings is 2. The summed E-state index contributed by atoms with van der Waals surface area (Å²) in [6.45, 7) is 18.3. The maximum Gasteiger partial charge on any atom is 0.158 e. The van der Waals surface area contributed by atoms with Crippen molar-refractivity contribution in [1.82, 2.24) is 0 Å². The van der Waals surface area contributed by atoms with E-state index in [0.29, 0.717) is 5.69 Å². The van der Waals surface area contributed by atoms with E-state index in [-0.39, 0.29) is 16.6 Å². The average Bonchev–Trinajstić information content (AvgIpc) is 1.59. The quantitative estimate of drug-likeness (QED) is 0.0967. The van der Waals surface area contributed by atoms with Gasteiger partial charge in [-0.2, -0.15) is 0 Å². The summed E-state index contributed by atoms with van der Waals surface area (Å²) in [7, 11) is -1.26. The zero-order valence-corrected chi connectivity index (χ0v) is 56.6. The number of nitrogens with one attached hydrogen (secondary N) is 4. The van der Waals surface area contributed by atoms with Gasteiger partial charge in [-0.1, -0.05) is 272 Å². The van der Waals surface area contributed by atoms with Gasteiger partial charge in [0.05, 0.1) is 25.1 Å². The summed E-state index contributed by atoms with van der Waals surface area (Å²) in [6, 6.07) is 105. The van der Waals surface area contributed by atoms with Crippen LogP contribution in [0.15, 0.2) is 318 Å². The van der Waals surface area contributed by atoms with Crippen molar-refractivity contribution in [3.8, 4) is 33.4 Å². The Kier molecular flexibility index (Phi) is 18.1. The van der Waals surface area contributed by atoms with E-state index >= 15 is 4.39 Å². The minimum atomic E-state index is -1.26. The first kappa shape index (κ1) is 63.6. The second-order valence-electron chi connectivity index (χ2n) is 27.0. The maximum absolute atomic E-state index is 15.4. The second kappa shape index (κ2) is 27.4. The molecule has 1 aliphatic carbocycles. The highest BCUT2D eigenvalue weighted by Crippen LogP contribution is 2.49. The van der Waals surface area contributed by atoms with Gasteiger partial charge in [0.25, 0.3) is 0 Å². The standard InChI is InChI=1S/C28H26FN.C21H21NOSi.C21H19N.C18H13NO/c1-28(2,3)23-14-16-24(17-15-23)30-27-25(21-12-8-5-9-13-21)18-22(19-26(27)29)20-10-6-4-7-11-20;1-24(2,3)16-13-11-15(12-14-16)22-19-9-6-8-18-17-7-4-5-10-20(17)23-21(18)19;1-21(2)19-11-7-6-10-17(19)18-13-12-16(14-20(18)21)22-15-8-4-3-5-9-15;1-2-7-13(8-3-1)19-16-11-6-10-15-14-9-4-5-12-17(14)20-18(15)16/h4-19,30H,1-3H3;4-14,22H,1-3H3;3-14,22H,1-2H3;1-12,19H. The predicted octanol–water partition coefficient (Wildman–Crippen LogP) is 25.1. The SMILES string of the molecule is CC(C)(C)c1ccc(Nc2c(F)cc(-c3ccccc3)cc2-c2ccccc2)cc1.CC1(C)c2ccccc2-c2ccc(Nc3ccccc3)cc21.C[Si](C)(C)c1ccc(Nc2cccc3c2oc2ccccc23)cc1.c1ccc(Nc2cccc3c2oc2ccccc23)cc1.